The summed E-state index contributed by atoms with van der Waals surface area (Å²) in [6, 6.07) is 11.7. The van der Waals surface area contributed by atoms with E-state index in [1.165, 1.54) is 11.1 Å². The maximum Gasteiger partial charge on any atom is 0.228 e. The van der Waals surface area contributed by atoms with Crippen molar-refractivity contribution in [3.63, 3.8) is 0 Å². The van der Waals surface area contributed by atoms with Crippen LogP contribution in [0.5, 0.6) is 11.5 Å². The lowest BCUT2D eigenvalue weighted by molar-refractivity contribution is -0.129. The maximum absolute atomic E-state index is 11.5. The van der Waals surface area contributed by atoms with Gasteiger partial charge in [0.25, 0.3) is 0 Å². The highest BCUT2D eigenvalue weighted by Crippen LogP contribution is 2.33. The predicted molar refractivity (Wildman–Crippen MR) is 212 cm³/mol. The molecule has 15 heteroatoms. The normalized spacial score (nSPS) is 13.7. The molecule has 0 spiro atoms. The number of carbonyl (C=O) groups is 2. The molecule has 2 aromatic carbocycles. The average molecular weight is 782 g/mol. The van der Waals surface area contributed by atoms with Gasteiger partial charge in [-0.25, -0.2) is 19.9 Å². The van der Waals surface area contributed by atoms with Crippen molar-refractivity contribution in [3.05, 3.63) is 98.8 Å². The number of halogens is 3. The van der Waals surface area contributed by atoms with Crippen molar-refractivity contribution in [3.8, 4) is 11.5 Å². The Labute approximate surface area is 325 Å². The number of nitrogens with one attached hydrogen (secondary N) is 1. The molecule has 2 amide bonds. The highest BCUT2D eigenvalue weighted by molar-refractivity contribution is 6.32. The topological polar surface area (TPSA) is 149 Å². The monoisotopic (exact) mass is 780 g/mol. The minimum atomic E-state index is 0.106. The number of aryl methyl sites for hydroxylation is 2. The van der Waals surface area contributed by atoms with Crippen molar-refractivity contribution in [1.29, 1.82) is 0 Å². The lowest BCUT2D eigenvalue weighted by atomic mass is 9.99. The fourth-order valence-corrected chi connectivity index (χ4v) is 5.78. The smallest absolute Gasteiger partial charge is 0.228 e. The Hall–Kier alpha value is -4.91. The van der Waals surface area contributed by atoms with Crippen LogP contribution in [0.15, 0.2) is 60.9 Å². The zero-order valence-corrected chi connectivity index (χ0v) is 32.8. The summed E-state index contributed by atoms with van der Waals surface area (Å²) in [5.74, 6) is 2.04. The average Bonchev–Trinajstić information content (AvgIpc) is 3.15. The number of carbonyl (C=O) groups excluding carboxylic acids is 2. The Morgan fingerprint density at radius 1 is 0.755 bits per heavy atom. The van der Waals surface area contributed by atoms with E-state index in [9.17, 15) is 9.59 Å². The van der Waals surface area contributed by atoms with Crippen molar-refractivity contribution < 1.29 is 19.1 Å². The molecule has 12 nitrogen and oxygen atoms in total. The summed E-state index contributed by atoms with van der Waals surface area (Å²) in [6.45, 7) is 9.70. The van der Waals surface area contributed by atoms with Crippen LogP contribution in [0.4, 0.5) is 17.3 Å². The van der Waals surface area contributed by atoms with Crippen LogP contribution in [-0.4, -0.2) is 81.9 Å². The number of benzene rings is 2. The Balaban J connectivity index is 0.000000200. The molecule has 2 aliphatic heterocycles. The van der Waals surface area contributed by atoms with E-state index in [1.54, 1.807) is 40.5 Å². The standard InChI is InChI=1S/C19H21ClN4O2.C14H18N2O2.C5H4Cl2N2/c1-12-11-21-19(23-18(12)20)22-16-5-4-15(10-17(16)26-3)14-6-8-24(9-7-14)13(2)25;1-10(17)16-7-5-11(6-8-16)12-3-4-13(15)14(9-12)18-2;1-3-2-8-5(7)9-4(3)6/h4-6,10-11H,7-9H2,1-3H3,(H,21,22,23);3-5,9H,6-8,15H2,1-2H3;2H,1H3. The summed E-state index contributed by atoms with van der Waals surface area (Å²) in [7, 11) is 3.24. The van der Waals surface area contributed by atoms with Gasteiger partial charge in [-0.1, -0.05) is 47.5 Å². The van der Waals surface area contributed by atoms with E-state index in [0.717, 1.165) is 53.9 Å². The number of hydrogen-bond donors (Lipinski definition) is 2. The Kier molecular flexibility index (Phi) is 14.8. The number of nitrogens with two attached hydrogens (primary N) is 1. The van der Waals surface area contributed by atoms with Crippen molar-refractivity contribution in [1.82, 2.24) is 29.7 Å². The van der Waals surface area contributed by atoms with Crippen molar-refractivity contribution in [2.45, 2.75) is 40.5 Å². The predicted octanol–water partition coefficient (Wildman–Crippen LogP) is 7.83. The molecule has 0 fully saturated rings. The molecular formula is C38H43Cl3N8O4. The minimum Gasteiger partial charge on any atom is -0.495 e. The minimum absolute atomic E-state index is 0.106. The molecule has 0 saturated heterocycles. The second-order valence-electron chi connectivity index (χ2n) is 12.2. The number of aromatic nitrogens is 4. The number of rotatable bonds is 6. The van der Waals surface area contributed by atoms with Crippen LogP contribution in [0.2, 0.25) is 15.6 Å². The molecule has 0 radical (unpaired) electrons. The van der Waals surface area contributed by atoms with E-state index in [-0.39, 0.29) is 17.1 Å². The molecule has 53 heavy (non-hydrogen) atoms. The van der Waals surface area contributed by atoms with Crippen LogP contribution in [0.1, 0.15) is 48.9 Å². The molecule has 3 N–H and O–H groups in total. The van der Waals surface area contributed by atoms with Gasteiger partial charge >= 0.3 is 0 Å². The number of anilines is 3. The summed E-state index contributed by atoms with van der Waals surface area (Å²) in [6.07, 6.45) is 9.13. The molecule has 0 unspecified atom stereocenters. The molecule has 280 valence electrons. The SMILES string of the molecule is COc1cc(C2=CCN(C(C)=O)CC2)ccc1N.COc1cc(C2=CCN(C(C)=O)CC2)ccc1Nc1ncc(C)c(Cl)n1.Cc1cnc(Cl)nc1Cl. The summed E-state index contributed by atoms with van der Waals surface area (Å²) in [5.41, 5.74) is 13.5. The third-order valence-electron chi connectivity index (χ3n) is 8.52. The van der Waals surface area contributed by atoms with Crippen molar-refractivity contribution in [2.75, 3.05) is 51.4 Å². The third-order valence-corrected chi connectivity index (χ3v) is 9.47. The van der Waals surface area contributed by atoms with E-state index in [2.05, 4.69) is 37.4 Å². The lowest BCUT2D eigenvalue weighted by Gasteiger charge is -2.25. The van der Waals surface area contributed by atoms with Crippen molar-refractivity contribution in [2.24, 2.45) is 0 Å². The third kappa shape index (κ3) is 11.5. The van der Waals surface area contributed by atoms with E-state index in [1.807, 2.05) is 60.0 Å². The molecule has 2 aromatic heterocycles. The van der Waals surface area contributed by atoms with Crippen LogP contribution in [0.3, 0.4) is 0 Å². The Morgan fingerprint density at radius 2 is 1.26 bits per heavy atom. The van der Waals surface area contributed by atoms with E-state index < -0.39 is 0 Å². The van der Waals surface area contributed by atoms with Crippen LogP contribution >= 0.6 is 34.8 Å². The first-order chi connectivity index (χ1) is 25.3. The van der Waals surface area contributed by atoms with E-state index in [0.29, 0.717) is 46.5 Å². The number of amides is 2. The Morgan fingerprint density at radius 3 is 1.72 bits per heavy atom. The van der Waals surface area contributed by atoms with Gasteiger partial charge in [0.1, 0.15) is 21.8 Å². The Bertz CT molecular complexity index is 2010. The summed E-state index contributed by atoms with van der Waals surface area (Å²) >= 11 is 17.0. The van der Waals surface area contributed by atoms with Gasteiger partial charge < -0.3 is 30.3 Å². The second-order valence-corrected chi connectivity index (χ2v) is 13.2. The van der Waals surface area contributed by atoms with Gasteiger partial charge in [0.05, 0.1) is 25.6 Å². The van der Waals surface area contributed by atoms with Crippen LogP contribution < -0.4 is 20.5 Å². The number of methoxy groups -OCH3 is 2. The van der Waals surface area contributed by atoms with Gasteiger partial charge in [0.15, 0.2) is 0 Å². The van der Waals surface area contributed by atoms with Gasteiger partial charge in [0.2, 0.25) is 23.0 Å². The van der Waals surface area contributed by atoms with Gasteiger partial charge in [-0.05, 0) is 84.8 Å². The highest BCUT2D eigenvalue weighted by Gasteiger charge is 2.17. The summed E-state index contributed by atoms with van der Waals surface area (Å²) in [4.78, 5) is 42.2. The molecular weight excluding hydrogens is 739 g/mol. The first-order valence-corrected chi connectivity index (χ1v) is 17.8. The van der Waals surface area contributed by atoms with Crippen molar-refractivity contribution >= 4 is 75.1 Å². The molecule has 0 saturated carbocycles. The van der Waals surface area contributed by atoms with Gasteiger partial charge in [-0.2, -0.15) is 0 Å². The first-order valence-electron chi connectivity index (χ1n) is 16.7. The zero-order valence-electron chi connectivity index (χ0n) is 30.5. The quantitative estimate of drug-likeness (QED) is 0.113. The van der Waals surface area contributed by atoms with E-state index in [4.69, 9.17) is 50.0 Å². The number of ether oxygens (including phenoxy) is 2. The second kappa shape index (κ2) is 19.2. The fourth-order valence-electron chi connectivity index (χ4n) is 5.34. The molecule has 0 bridgehead atoms. The maximum atomic E-state index is 11.5. The number of hydrogen-bond acceptors (Lipinski definition) is 10. The number of nitrogen functional groups attached to an aromatic ring is 1. The zero-order chi connectivity index (χ0) is 38.7. The molecule has 0 aliphatic carbocycles. The van der Waals surface area contributed by atoms with E-state index >= 15 is 0 Å². The molecule has 2 aliphatic rings. The summed E-state index contributed by atoms with van der Waals surface area (Å²) in [5, 5.41) is 4.15. The van der Waals surface area contributed by atoms with Crippen LogP contribution in [-0.2, 0) is 9.59 Å². The van der Waals surface area contributed by atoms with Gasteiger partial charge in [-0.3, -0.25) is 9.59 Å². The largest absolute Gasteiger partial charge is 0.495 e. The lowest BCUT2D eigenvalue weighted by Crippen LogP contribution is -2.32. The molecule has 0 atom stereocenters. The molecule has 4 aromatic rings. The highest BCUT2D eigenvalue weighted by atomic mass is 35.5. The first kappa shape index (κ1) is 40.9. The number of nitrogens with zero attached hydrogens (tertiary/aromatic N) is 6. The van der Waals surface area contributed by atoms with Gasteiger partial charge in [-0.15, -0.1) is 0 Å². The summed E-state index contributed by atoms with van der Waals surface area (Å²) < 4.78 is 10.7. The fraction of sp³-hybridized carbons (Fsp3) is 0.316. The van der Waals surface area contributed by atoms with Crippen LogP contribution in [0.25, 0.3) is 11.1 Å². The van der Waals surface area contributed by atoms with Gasteiger partial charge in [0, 0.05) is 63.5 Å². The molecule has 6 rings (SSSR count). The van der Waals surface area contributed by atoms with Crippen LogP contribution in [0, 0.1) is 13.8 Å². The molecule has 4 heterocycles.